The molecule has 4 nitrogen and oxygen atoms in total. The van der Waals surface area contributed by atoms with Crippen molar-refractivity contribution in [2.24, 2.45) is 0 Å². The van der Waals surface area contributed by atoms with Crippen LogP contribution in [0.5, 0.6) is 0 Å². The van der Waals surface area contributed by atoms with Crippen molar-refractivity contribution in [3.63, 3.8) is 0 Å². The standard InChI is InChI=1S/C24H21FN2O2S/c1-2-16-10-12-17(13-11-16)23(29)26-19-7-5-6-18(14-19)24-27(22(28)15-30-24)21-9-4-3-8-20(21)25/h3-14,24H,2,15H2,1H3,(H,26,29). The van der Waals surface area contributed by atoms with Gasteiger partial charge in [-0.2, -0.15) is 0 Å². The minimum absolute atomic E-state index is 0.138. The van der Waals surface area contributed by atoms with Gasteiger partial charge < -0.3 is 5.32 Å². The number of amides is 2. The second-order valence-corrected chi connectivity index (χ2v) is 8.08. The summed E-state index contributed by atoms with van der Waals surface area (Å²) < 4.78 is 14.3. The Balaban J connectivity index is 1.57. The van der Waals surface area contributed by atoms with E-state index < -0.39 is 5.82 Å². The van der Waals surface area contributed by atoms with Crippen LogP contribution in [0.4, 0.5) is 15.8 Å². The summed E-state index contributed by atoms with van der Waals surface area (Å²) in [6, 6.07) is 21.1. The molecule has 1 saturated heterocycles. The summed E-state index contributed by atoms with van der Waals surface area (Å²) in [5.41, 5.74) is 3.47. The Labute approximate surface area is 179 Å². The molecule has 1 fully saturated rings. The molecule has 3 aromatic rings. The fraction of sp³-hybridized carbons (Fsp3) is 0.167. The summed E-state index contributed by atoms with van der Waals surface area (Å²) in [7, 11) is 0. The fourth-order valence-corrected chi connectivity index (χ4v) is 4.60. The Kier molecular flexibility index (Phi) is 5.86. The number of aryl methyl sites for hydroxylation is 1. The average molecular weight is 421 g/mol. The highest BCUT2D eigenvalue weighted by Crippen LogP contribution is 2.42. The quantitative estimate of drug-likeness (QED) is 0.600. The highest BCUT2D eigenvalue weighted by molar-refractivity contribution is 8.00. The van der Waals surface area contributed by atoms with Gasteiger partial charge in [-0.3, -0.25) is 14.5 Å². The molecule has 0 radical (unpaired) electrons. The number of hydrogen-bond donors (Lipinski definition) is 1. The van der Waals surface area contributed by atoms with E-state index in [0.717, 1.165) is 12.0 Å². The minimum atomic E-state index is -0.432. The fourth-order valence-electron chi connectivity index (χ4n) is 3.44. The van der Waals surface area contributed by atoms with Crippen molar-refractivity contribution in [3.8, 4) is 0 Å². The van der Waals surface area contributed by atoms with Crippen LogP contribution in [0.25, 0.3) is 0 Å². The third-order valence-corrected chi connectivity index (χ3v) is 6.25. The van der Waals surface area contributed by atoms with Gasteiger partial charge in [-0.1, -0.05) is 43.3 Å². The van der Waals surface area contributed by atoms with Gasteiger partial charge in [0, 0.05) is 11.3 Å². The lowest BCUT2D eigenvalue weighted by molar-refractivity contribution is -0.115. The maximum atomic E-state index is 14.3. The lowest BCUT2D eigenvalue weighted by Gasteiger charge is -2.25. The molecule has 0 spiro atoms. The zero-order valence-corrected chi connectivity index (χ0v) is 17.3. The van der Waals surface area contributed by atoms with E-state index >= 15 is 0 Å². The van der Waals surface area contributed by atoms with Crippen LogP contribution in [-0.2, 0) is 11.2 Å². The smallest absolute Gasteiger partial charge is 0.255 e. The number of carbonyl (C=O) groups excluding carboxylic acids is 2. The number of halogens is 1. The number of hydrogen-bond acceptors (Lipinski definition) is 3. The lowest BCUT2D eigenvalue weighted by atomic mass is 10.1. The van der Waals surface area contributed by atoms with E-state index in [2.05, 4.69) is 12.2 Å². The molecule has 152 valence electrons. The predicted octanol–water partition coefficient (Wildman–Crippen LogP) is 5.42. The van der Waals surface area contributed by atoms with Crippen LogP contribution < -0.4 is 10.2 Å². The van der Waals surface area contributed by atoms with Crippen molar-refractivity contribution in [2.75, 3.05) is 16.0 Å². The Morgan fingerprint density at radius 1 is 1.10 bits per heavy atom. The molecule has 1 unspecified atom stereocenters. The predicted molar refractivity (Wildman–Crippen MR) is 119 cm³/mol. The zero-order valence-electron chi connectivity index (χ0n) is 16.5. The second-order valence-electron chi connectivity index (χ2n) is 7.01. The molecule has 1 atom stereocenters. The molecule has 1 heterocycles. The van der Waals surface area contributed by atoms with Gasteiger partial charge in [-0.25, -0.2) is 4.39 Å². The maximum absolute atomic E-state index is 14.3. The molecule has 1 aliphatic heterocycles. The number of anilines is 2. The first-order chi connectivity index (χ1) is 14.6. The summed E-state index contributed by atoms with van der Waals surface area (Å²) >= 11 is 1.44. The van der Waals surface area contributed by atoms with Gasteiger partial charge in [0.25, 0.3) is 5.91 Å². The summed E-state index contributed by atoms with van der Waals surface area (Å²) in [6.45, 7) is 2.07. The summed E-state index contributed by atoms with van der Waals surface area (Å²) in [5, 5.41) is 2.56. The van der Waals surface area contributed by atoms with E-state index in [9.17, 15) is 14.0 Å². The summed E-state index contributed by atoms with van der Waals surface area (Å²) in [4.78, 5) is 26.6. The third kappa shape index (κ3) is 4.09. The molecular formula is C24H21FN2O2S. The van der Waals surface area contributed by atoms with Crippen LogP contribution in [0.2, 0.25) is 0 Å². The molecule has 0 saturated carbocycles. The van der Waals surface area contributed by atoms with E-state index in [1.807, 2.05) is 42.5 Å². The van der Waals surface area contributed by atoms with Gasteiger partial charge >= 0.3 is 0 Å². The van der Waals surface area contributed by atoms with Gasteiger partial charge in [-0.05, 0) is 53.9 Å². The van der Waals surface area contributed by atoms with Gasteiger partial charge in [0.2, 0.25) is 5.91 Å². The Hall–Kier alpha value is -3.12. The first-order valence-electron chi connectivity index (χ1n) is 9.75. The lowest BCUT2D eigenvalue weighted by Crippen LogP contribution is -2.28. The van der Waals surface area contributed by atoms with Crippen LogP contribution >= 0.6 is 11.8 Å². The first kappa shape index (κ1) is 20.2. The number of benzene rings is 3. The number of nitrogens with one attached hydrogen (secondary N) is 1. The van der Waals surface area contributed by atoms with E-state index in [4.69, 9.17) is 0 Å². The van der Waals surface area contributed by atoms with Crippen LogP contribution in [0, 0.1) is 5.82 Å². The van der Waals surface area contributed by atoms with Crippen molar-refractivity contribution in [1.82, 2.24) is 0 Å². The summed E-state index contributed by atoms with van der Waals surface area (Å²) in [5.74, 6) is -0.492. The van der Waals surface area contributed by atoms with E-state index in [0.29, 0.717) is 11.3 Å². The van der Waals surface area contributed by atoms with Crippen molar-refractivity contribution in [3.05, 3.63) is 95.3 Å². The van der Waals surface area contributed by atoms with Crippen LogP contribution in [0.15, 0.2) is 72.8 Å². The van der Waals surface area contributed by atoms with E-state index in [1.165, 1.54) is 28.3 Å². The van der Waals surface area contributed by atoms with E-state index in [-0.39, 0.29) is 28.6 Å². The number of rotatable bonds is 5. The Morgan fingerprint density at radius 2 is 1.87 bits per heavy atom. The monoisotopic (exact) mass is 420 g/mol. The zero-order chi connectivity index (χ0) is 21.1. The van der Waals surface area contributed by atoms with Crippen molar-refractivity contribution >= 4 is 35.0 Å². The third-order valence-electron chi connectivity index (χ3n) is 5.03. The molecule has 1 N–H and O–H groups in total. The maximum Gasteiger partial charge on any atom is 0.255 e. The van der Waals surface area contributed by atoms with Gasteiger partial charge in [0.05, 0.1) is 11.4 Å². The average Bonchev–Trinajstić information content (AvgIpc) is 3.15. The molecule has 6 heteroatoms. The van der Waals surface area contributed by atoms with Crippen molar-refractivity contribution < 1.29 is 14.0 Å². The molecule has 3 aromatic carbocycles. The molecule has 0 aliphatic carbocycles. The Morgan fingerprint density at radius 3 is 2.60 bits per heavy atom. The SMILES string of the molecule is CCc1ccc(C(=O)Nc2cccc(C3SCC(=O)N3c3ccccc3F)c2)cc1. The highest BCUT2D eigenvalue weighted by atomic mass is 32.2. The highest BCUT2D eigenvalue weighted by Gasteiger charge is 2.35. The number of nitrogens with zero attached hydrogens (tertiary/aromatic N) is 1. The number of para-hydroxylation sites is 1. The number of carbonyl (C=O) groups is 2. The van der Waals surface area contributed by atoms with Crippen molar-refractivity contribution in [1.29, 1.82) is 0 Å². The second kappa shape index (κ2) is 8.71. The molecule has 4 rings (SSSR count). The summed E-state index contributed by atoms with van der Waals surface area (Å²) in [6.07, 6.45) is 0.917. The molecule has 30 heavy (non-hydrogen) atoms. The molecular weight excluding hydrogens is 399 g/mol. The van der Waals surface area contributed by atoms with Gasteiger partial charge in [-0.15, -0.1) is 11.8 Å². The molecule has 0 aromatic heterocycles. The molecule has 0 bridgehead atoms. The van der Waals surface area contributed by atoms with Crippen molar-refractivity contribution in [2.45, 2.75) is 18.7 Å². The minimum Gasteiger partial charge on any atom is -0.322 e. The Bertz CT molecular complexity index is 1080. The normalized spacial score (nSPS) is 16.0. The van der Waals surface area contributed by atoms with Gasteiger partial charge in [0.1, 0.15) is 11.2 Å². The molecule has 1 aliphatic rings. The van der Waals surface area contributed by atoms with Crippen LogP contribution in [0.1, 0.15) is 33.8 Å². The van der Waals surface area contributed by atoms with E-state index in [1.54, 1.807) is 24.3 Å². The topological polar surface area (TPSA) is 49.4 Å². The van der Waals surface area contributed by atoms with Gasteiger partial charge in [0.15, 0.2) is 0 Å². The molecule has 2 amide bonds. The first-order valence-corrected chi connectivity index (χ1v) is 10.8. The number of thioether (sulfide) groups is 1. The van der Waals surface area contributed by atoms with Crippen LogP contribution in [-0.4, -0.2) is 17.6 Å². The largest absolute Gasteiger partial charge is 0.322 e. The van der Waals surface area contributed by atoms with Crippen LogP contribution in [0.3, 0.4) is 0 Å².